The Morgan fingerprint density at radius 2 is 2.44 bits per heavy atom. The zero-order valence-corrected chi connectivity index (χ0v) is 12.3. The van der Waals surface area contributed by atoms with E-state index in [9.17, 15) is 0 Å². The summed E-state index contributed by atoms with van der Waals surface area (Å²) >= 11 is 8.37. The molecule has 0 aliphatic rings. The van der Waals surface area contributed by atoms with Crippen LogP contribution in [0.3, 0.4) is 0 Å². The molecule has 2 heterocycles. The number of aromatic nitrogens is 3. The first kappa shape index (κ1) is 13.2. The Morgan fingerprint density at radius 1 is 1.61 bits per heavy atom. The first-order valence-electron chi connectivity index (χ1n) is 5.66. The molecule has 1 N–H and O–H groups in total. The van der Waals surface area contributed by atoms with Crippen molar-refractivity contribution in [1.82, 2.24) is 14.9 Å². The number of nitrogens with one attached hydrogen (secondary N) is 1. The van der Waals surface area contributed by atoms with E-state index in [4.69, 9.17) is 16.6 Å². The minimum Gasteiger partial charge on any atom is -0.448 e. The van der Waals surface area contributed by atoms with Gasteiger partial charge in [-0.15, -0.1) is 0 Å². The van der Waals surface area contributed by atoms with Crippen molar-refractivity contribution in [3.8, 4) is 0 Å². The minimum absolute atomic E-state index is 0.489. The van der Waals surface area contributed by atoms with Crippen molar-refractivity contribution in [2.75, 3.05) is 0 Å². The van der Waals surface area contributed by atoms with Crippen LogP contribution in [-0.4, -0.2) is 21.1 Å². The third-order valence-electron chi connectivity index (χ3n) is 2.37. The van der Waals surface area contributed by atoms with E-state index in [1.165, 1.54) is 0 Å². The summed E-state index contributed by atoms with van der Waals surface area (Å²) in [6.07, 6.45) is 4.63. The number of rotatable bonds is 5. The predicted molar refractivity (Wildman–Crippen MR) is 75.4 cm³/mol. The zero-order chi connectivity index (χ0) is 13.0. The van der Waals surface area contributed by atoms with E-state index in [1.54, 1.807) is 10.9 Å². The Balaban J connectivity index is 2.20. The van der Waals surface area contributed by atoms with E-state index in [2.05, 4.69) is 38.2 Å². The quantitative estimate of drug-likeness (QED) is 0.674. The molecule has 0 unspecified atom stereocenters. The van der Waals surface area contributed by atoms with Gasteiger partial charge in [0, 0.05) is 6.42 Å². The van der Waals surface area contributed by atoms with Crippen molar-refractivity contribution in [2.45, 2.75) is 26.2 Å². The monoisotopic (exact) mass is 328 g/mol. The number of nitrogens with zero attached hydrogens (tertiary/aromatic N) is 3. The average Bonchev–Trinajstić information content (AvgIpc) is 2.91. The molecule has 0 fully saturated rings. The number of unbranched alkanes of at least 4 members (excludes halogenated alkanes) is 1. The van der Waals surface area contributed by atoms with E-state index in [0.29, 0.717) is 15.2 Å². The van der Waals surface area contributed by atoms with Gasteiger partial charge in [0.2, 0.25) is 4.77 Å². The van der Waals surface area contributed by atoms with Crippen LogP contribution in [0.5, 0.6) is 0 Å². The van der Waals surface area contributed by atoms with Gasteiger partial charge in [-0.25, -0.2) is 0 Å². The Kier molecular flexibility index (Phi) is 4.48. The Bertz CT molecular complexity index is 598. The topological polar surface area (TPSA) is 59.1 Å². The molecule has 0 aliphatic carbocycles. The first-order valence-corrected chi connectivity index (χ1v) is 6.87. The molecule has 0 saturated heterocycles. The molecule has 0 saturated carbocycles. The largest absolute Gasteiger partial charge is 0.448 e. The van der Waals surface area contributed by atoms with Gasteiger partial charge in [-0.05, 0) is 46.7 Å². The molecular weight excluding hydrogens is 316 g/mol. The molecule has 0 atom stereocenters. The fraction of sp³-hybridized carbons (Fsp3) is 0.364. The highest BCUT2D eigenvalue weighted by molar-refractivity contribution is 9.10. The third-order valence-corrected chi connectivity index (χ3v) is 3.06. The summed E-state index contributed by atoms with van der Waals surface area (Å²) in [7, 11) is 0. The van der Waals surface area contributed by atoms with Gasteiger partial charge in [0.1, 0.15) is 5.76 Å². The van der Waals surface area contributed by atoms with Crippen molar-refractivity contribution in [1.29, 1.82) is 0 Å². The van der Waals surface area contributed by atoms with Crippen LogP contribution in [-0.2, 0) is 6.42 Å². The number of furan rings is 1. The summed E-state index contributed by atoms with van der Waals surface area (Å²) in [6, 6.07) is 3.64. The lowest BCUT2D eigenvalue weighted by Crippen LogP contribution is -1.99. The molecule has 2 aromatic rings. The van der Waals surface area contributed by atoms with Crippen molar-refractivity contribution >= 4 is 34.4 Å². The fourth-order valence-electron chi connectivity index (χ4n) is 1.45. The van der Waals surface area contributed by atoms with Crippen LogP contribution in [0.25, 0.3) is 0 Å². The summed E-state index contributed by atoms with van der Waals surface area (Å²) in [6.45, 7) is 2.13. The maximum absolute atomic E-state index is 5.33. The summed E-state index contributed by atoms with van der Waals surface area (Å²) < 4.78 is 8.12. The molecular formula is C11H13BrN4OS. The Morgan fingerprint density at radius 3 is 3.11 bits per heavy atom. The standard InChI is InChI=1S/C11H13BrN4OS/c1-2-3-4-10-14-15-11(18)16(10)13-7-8-5-6-9(12)17-8/h5-7H,2-4H2,1H3,(H,15,18)/b13-7+. The van der Waals surface area contributed by atoms with Gasteiger partial charge in [-0.1, -0.05) is 13.3 Å². The molecule has 2 rings (SSSR count). The second-order valence-electron chi connectivity index (χ2n) is 3.75. The van der Waals surface area contributed by atoms with Crippen LogP contribution in [0.4, 0.5) is 0 Å². The number of aromatic amines is 1. The SMILES string of the molecule is CCCCc1n[nH]c(=S)n1/N=C/c1ccc(Br)o1. The van der Waals surface area contributed by atoms with E-state index in [0.717, 1.165) is 25.1 Å². The number of halogens is 1. The van der Waals surface area contributed by atoms with Crippen LogP contribution in [0.15, 0.2) is 26.3 Å². The van der Waals surface area contributed by atoms with Crippen LogP contribution < -0.4 is 0 Å². The maximum atomic E-state index is 5.33. The van der Waals surface area contributed by atoms with E-state index >= 15 is 0 Å². The molecule has 5 nitrogen and oxygen atoms in total. The highest BCUT2D eigenvalue weighted by Crippen LogP contribution is 2.12. The highest BCUT2D eigenvalue weighted by Gasteiger charge is 2.04. The molecule has 96 valence electrons. The molecule has 0 radical (unpaired) electrons. The highest BCUT2D eigenvalue weighted by atomic mass is 79.9. The number of hydrogen-bond acceptors (Lipinski definition) is 4. The summed E-state index contributed by atoms with van der Waals surface area (Å²) in [5.41, 5.74) is 0. The Hall–Kier alpha value is -1.21. The van der Waals surface area contributed by atoms with Gasteiger partial charge < -0.3 is 4.42 Å². The van der Waals surface area contributed by atoms with E-state index < -0.39 is 0 Å². The van der Waals surface area contributed by atoms with Crippen molar-refractivity contribution in [3.05, 3.63) is 33.2 Å². The lowest BCUT2D eigenvalue weighted by atomic mass is 10.2. The molecule has 7 heteroatoms. The lowest BCUT2D eigenvalue weighted by molar-refractivity contribution is 0.533. The van der Waals surface area contributed by atoms with Crippen LogP contribution in [0, 0.1) is 4.77 Å². The molecule has 0 aromatic carbocycles. The summed E-state index contributed by atoms with van der Waals surface area (Å²) in [5, 5.41) is 11.2. The summed E-state index contributed by atoms with van der Waals surface area (Å²) in [4.78, 5) is 0. The number of aryl methyl sites for hydroxylation is 1. The van der Waals surface area contributed by atoms with Gasteiger partial charge in [0.25, 0.3) is 0 Å². The second-order valence-corrected chi connectivity index (χ2v) is 4.92. The van der Waals surface area contributed by atoms with Crippen LogP contribution in [0.1, 0.15) is 31.4 Å². The van der Waals surface area contributed by atoms with Gasteiger partial charge in [0.15, 0.2) is 10.5 Å². The van der Waals surface area contributed by atoms with E-state index in [-0.39, 0.29) is 0 Å². The third kappa shape index (κ3) is 3.17. The minimum atomic E-state index is 0.489. The van der Waals surface area contributed by atoms with Crippen LogP contribution in [0.2, 0.25) is 0 Å². The Labute approximate surface area is 118 Å². The molecule has 0 aliphatic heterocycles. The van der Waals surface area contributed by atoms with Gasteiger partial charge in [-0.3, -0.25) is 5.10 Å². The van der Waals surface area contributed by atoms with Gasteiger partial charge >= 0.3 is 0 Å². The molecule has 0 amide bonds. The zero-order valence-electron chi connectivity index (χ0n) is 9.89. The van der Waals surface area contributed by atoms with Gasteiger partial charge in [-0.2, -0.15) is 14.9 Å². The average molecular weight is 329 g/mol. The molecule has 18 heavy (non-hydrogen) atoms. The molecule has 0 spiro atoms. The lowest BCUT2D eigenvalue weighted by Gasteiger charge is -1.98. The van der Waals surface area contributed by atoms with Crippen molar-refractivity contribution in [2.24, 2.45) is 5.10 Å². The predicted octanol–water partition coefficient (Wildman–Crippen LogP) is 3.52. The first-order chi connectivity index (χ1) is 8.70. The summed E-state index contributed by atoms with van der Waals surface area (Å²) in [5.74, 6) is 1.50. The van der Waals surface area contributed by atoms with Crippen molar-refractivity contribution in [3.63, 3.8) is 0 Å². The van der Waals surface area contributed by atoms with E-state index in [1.807, 2.05) is 12.1 Å². The fourth-order valence-corrected chi connectivity index (χ4v) is 1.97. The molecule has 2 aromatic heterocycles. The van der Waals surface area contributed by atoms with Gasteiger partial charge in [0.05, 0.1) is 6.21 Å². The van der Waals surface area contributed by atoms with Crippen LogP contribution >= 0.6 is 28.1 Å². The second kappa shape index (κ2) is 6.10. The smallest absolute Gasteiger partial charge is 0.216 e. The molecule has 0 bridgehead atoms. The number of H-pyrrole nitrogens is 1. The normalized spacial score (nSPS) is 11.4. The maximum Gasteiger partial charge on any atom is 0.216 e. The van der Waals surface area contributed by atoms with Crippen molar-refractivity contribution < 1.29 is 4.42 Å². The number of hydrogen-bond donors (Lipinski definition) is 1.